The molecule has 1 aromatic heterocycles. The number of aromatic amines is 1. The number of aryl methyl sites for hydroxylation is 3. The molecule has 0 saturated carbocycles. The Labute approximate surface area is 112 Å². The van der Waals surface area contributed by atoms with Crippen molar-refractivity contribution >= 4 is 10.9 Å². The molecule has 0 bridgehead atoms. The average Bonchev–Trinajstić information content (AvgIpc) is 2.36. The van der Waals surface area contributed by atoms with E-state index in [2.05, 4.69) is 17.1 Å². The van der Waals surface area contributed by atoms with Crippen LogP contribution in [0.4, 0.5) is 0 Å². The van der Waals surface area contributed by atoms with Gasteiger partial charge in [-0.25, -0.2) is 0 Å². The first kappa shape index (κ1) is 12.4. The number of H-pyrrole nitrogens is 1. The summed E-state index contributed by atoms with van der Waals surface area (Å²) >= 11 is 0. The van der Waals surface area contributed by atoms with Gasteiger partial charge in [0.05, 0.1) is 6.10 Å². The fourth-order valence-corrected chi connectivity index (χ4v) is 3.21. The Morgan fingerprint density at radius 1 is 1.21 bits per heavy atom. The molecule has 1 unspecified atom stereocenters. The van der Waals surface area contributed by atoms with Crippen LogP contribution in [0.1, 0.15) is 48.1 Å². The molecule has 19 heavy (non-hydrogen) atoms. The Balaban J connectivity index is 2.33. The van der Waals surface area contributed by atoms with Crippen molar-refractivity contribution in [3.05, 3.63) is 44.7 Å². The number of hydrogen-bond donors (Lipinski definition) is 2. The molecule has 0 radical (unpaired) electrons. The van der Waals surface area contributed by atoms with Crippen molar-refractivity contribution in [1.82, 2.24) is 4.98 Å². The molecule has 3 nitrogen and oxygen atoms in total. The van der Waals surface area contributed by atoms with Crippen LogP contribution in [0.25, 0.3) is 10.9 Å². The third-order valence-corrected chi connectivity index (χ3v) is 4.20. The number of fused-ring (bicyclic) bond motifs is 2. The summed E-state index contributed by atoms with van der Waals surface area (Å²) in [5.41, 5.74) is 4.87. The van der Waals surface area contributed by atoms with Crippen LogP contribution in [0.5, 0.6) is 0 Å². The van der Waals surface area contributed by atoms with Crippen LogP contribution in [-0.4, -0.2) is 10.1 Å². The van der Waals surface area contributed by atoms with Crippen LogP contribution in [0.3, 0.4) is 0 Å². The lowest BCUT2D eigenvalue weighted by molar-refractivity contribution is 0.197. The number of rotatable bonds is 1. The second-order valence-electron chi connectivity index (χ2n) is 5.54. The Morgan fingerprint density at radius 2 is 1.84 bits per heavy atom. The van der Waals surface area contributed by atoms with Crippen LogP contribution in [-0.2, 0) is 12.8 Å². The van der Waals surface area contributed by atoms with Gasteiger partial charge in [0.15, 0.2) is 0 Å². The molecule has 0 saturated heterocycles. The monoisotopic (exact) mass is 257 g/mol. The largest absolute Gasteiger partial charge is 0.388 e. The number of aliphatic hydroxyl groups excluding tert-OH is 1. The van der Waals surface area contributed by atoms with Crippen molar-refractivity contribution in [2.24, 2.45) is 0 Å². The Bertz CT molecular complexity index is 698. The minimum atomic E-state index is -0.732. The van der Waals surface area contributed by atoms with E-state index >= 15 is 0 Å². The predicted octanol–water partition coefficient (Wildman–Crippen LogP) is 2.77. The molecule has 1 atom stereocenters. The summed E-state index contributed by atoms with van der Waals surface area (Å²) in [7, 11) is 0. The summed E-state index contributed by atoms with van der Waals surface area (Å²) < 4.78 is 0. The molecule has 3 rings (SSSR count). The van der Waals surface area contributed by atoms with Crippen LogP contribution in [0.15, 0.2) is 16.9 Å². The topological polar surface area (TPSA) is 53.1 Å². The summed E-state index contributed by atoms with van der Waals surface area (Å²) in [5, 5.41) is 10.8. The SMILES string of the molecule is Cc1c(C(C)O)c(=O)[nH]c2cc3c(cc12)CCCC3. The molecule has 100 valence electrons. The molecular formula is C16H19NO2. The van der Waals surface area contributed by atoms with Gasteiger partial charge < -0.3 is 10.1 Å². The zero-order valence-electron chi connectivity index (χ0n) is 11.4. The molecule has 0 aliphatic heterocycles. The molecule has 0 amide bonds. The summed E-state index contributed by atoms with van der Waals surface area (Å²) in [6.45, 7) is 3.57. The van der Waals surface area contributed by atoms with Crippen molar-refractivity contribution in [3.63, 3.8) is 0 Å². The fraction of sp³-hybridized carbons (Fsp3) is 0.438. The van der Waals surface area contributed by atoms with Gasteiger partial charge in [0.2, 0.25) is 0 Å². The molecular weight excluding hydrogens is 238 g/mol. The molecule has 2 aromatic rings. The summed E-state index contributed by atoms with van der Waals surface area (Å²) in [6.07, 6.45) is 3.96. The van der Waals surface area contributed by atoms with Crippen molar-refractivity contribution in [2.45, 2.75) is 45.6 Å². The molecule has 1 aromatic carbocycles. The number of hydrogen-bond acceptors (Lipinski definition) is 2. The van der Waals surface area contributed by atoms with Crippen LogP contribution < -0.4 is 5.56 Å². The van der Waals surface area contributed by atoms with E-state index in [-0.39, 0.29) is 5.56 Å². The molecule has 1 aliphatic rings. The normalized spacial score (nSPS) is 16.4. The predicted molar refractivity (Wildman–Crippen MR) is 76.6 cm³/mol. The molecule has 2 N–H and O–H groups in total. The highest BCUT2D eigenvalue weighted by atomic mass is 16.3. The van der Waals surface area contributed by atoms with E-state index < -0.39 is 6.10 Å². The quantitative estimate of drug-likeness (QED) is 0.825. The van der Waals surface area contributed by atoms with Gasteiger partial charge in [0.25, 0.3) is 5.56 Å². The standard InChI is InChI=1S/C16H19NO2/c1-9-13-7-11-5-3-4-6-12(11)8-14(13)17-16(19)15(9)10(2)18/h7-8,10,18H,3-6H2,1-2H3,(H,17,19). The third-order valence-electron chi connectivity index (χ3n) is 4.20. The number of nitrogens with one attached hydrogen (secondary N) is 1. The second-order valence-corrected chi connectivity index (χ2v) is 5.54. The average molecular weight is 257 g/mol. The van der Waals surface area contributed by atoms with Crippen molar-refractivity contribution < 1.29 is 5.11 Å². The van der Waals surface area contributed by atoms with Gasteiger partial charge in [0.1, 0.15) is 0 Å². The van der Waals surface area contributed by atoms with Gasteiger partial charge in [-0.15, -0.1) is 0 Å². The van der Waals surface area contributed by atoms with Crippen molar-refractivity contribution in [3.8, 4) is 0 Å². The fourth-order valence-electron chi connectivity index (χ4n) is 3.21. The van der Waals surface area contributed by atoms with E-state index in [0.29, 0.717) is 5.56 Å². The smallest absolute Gasteiger partial charge is 0.254 e. The highest BCUT2D eigenvalue weighted by molar-refractivity contribution is 5.84. The number of aromatic nitrogens is 1. The van der Waals surface area contributed by atoms with E-state index in [1.54, 1.807) is 6.92 Å². The minimum absolute atomic E-state index is 0.171. The van der Waals surface area contributed by atoms with Gasteiger partial charge >= 0.3 is 0 Å². The van der Waals surface area contributed by atoms with Crippen molar-refractivity contribution in [1.29, 1.82) is 0 Å². The second kappa shape index (κ2) is 4.49. The molecule has 1 aliphatic carbocycles. The van der Waals surface area contributed by atoms with Gasteiger partial charge in [-0.3, -0.25) is 4.79 Å². The number of pyridine rings is 1. The lowest BCUT2D eigenvalue weighted by Gasteiger charge is -2.18. The van der Waals surface area contributed by atoms with Crippen LogP contribution in [0, 0.1) is 6.92 Å². The Hall–Kier alpha value is -1.61. The zero-order chi connectivity index (χ0) is 13.6. The van der Waals surface area contributed by atoms with E-state index in [1.165, 1.54) is 24.0 Å². The van der Waals surface area contributed by atoms with Crippen LogP contribution >= 0.6 is 0 Å². The summed E-state index contributed by atoms with van der Waals surface area (Å²) in [4.78, 5) is 15.0. The van der Waals surface area contributed by atoms with E-state index in [0.717, 1.165) is 29.3 Å². The number of aliphatic hydroxyl groups is 1. The number of benzene rings is 1. The molecule has 0 spiro atoms. The van der Waals surface area contributed by atoms with Crippen LogP contribution in [0.2, 0.25) is 0 Å². The third kappa shape index (κ3) is 1.98. The van der Waals surface area contributed by atoms with Crippen molar-refractivity contribution in [2.75, 3.05) is 0 Å². The molecule has 3 heteroatoms. The van der Waals surface area contributed by atoms with E-state index in [4.69, 9.17) is 0 Å². The Kier molecular flexibility index (Phi) is 2.94. The maximum atomic E-state index is 12.0. The minimum Gasteiger partial charge on any atom is -0.388 e. The van der Waals surface area contributed by atoms with Gasteiger partial charge in [0, 0.05) is 16.5 Å². The first-order valence-electron chi connectivity index (χ1n) is 6.94. The molecule has 1 heterocycles. The lowest BCUT2D eigenvalue weighted by atomic mass is 9.89. The maximum absolute atomic E-state index is 12.0. The molecule has 0 fully saturated rings. The lowest BCUT2D eigenvalue weighted by Crippen LogP contribution is -2.17. The highest BCUT2D eigenvalue weighted by Crippen LogP contribution is 2.28. The Morgan fingerprint density at radius 3 is 2.47 bits per heavy atom. The summed E-state index contributed by atoms with van der Waals surface area (Å²) in [5.74, 6) is 0. The summed E-state index contributed by atoms with van der Waals surface area (Å²) in [6, 6.07) is 4.31. The maximum Gasteiger partial charge on any atom is 0.254 e. The van der Waals surface area contributed by atoms with E-state index in [1.807, 2.05) is 6.92 Å². The first-order chi connectivity index (χ1) is 9.08. The van der Waals surface area contributed by atoms with Gasteiger partial charge in [-0.1, -0.05) is 0 Å². The zero-order valence-corrected chi connectivity index (χ0v) is 11.4. The van der Waals surface area contributed by atoms with Gasteiger partial charge in [-0.05, 0) is 68.4 Å². The highest BCUT2D eigenvalue weighted by Gasteiger charge is 2.16. The van der Waals surface area contributed by atoms with E-state index in [9.17, 15) is 9.90 Å². The first-order valence-corrected chi connectivity index (χ1v) is 6.94. The van der Waals surface area contributed by atoms with Gasteiger partial charge in [-0.2, -0.15) is 0 Å².